The first-order valence-corrected chi connectivity index (χ1v) is 17.5. The molecule has 0 unspecified atom stereocenters. The summed E-state index contributed by atoms with van der Waals surface area (Å²) in [5, 5.41) is 3.72. The molecule has 1 heterocycles. The van der Waals surface area contributed by atoms with Crippen LogP contribution in [0.15, 0.2) is 140 Å². The molecule has 220 valence electrons. The van der Waals surface area contributed by atoms with Gasteiger partial charge in [0, 0.05) is 11.6 Å². The van der Waals surface area contributed by atoms with Crippen LogP contribution in [0.25, 0.3) is 55.1 Å². The van der Waals surface area contributed by atoms with Gasteiger partial charge < -0.3 is 14.9 Å². The molecular weight excluding hydrogens is 673 g/mol. The summed E-state index contributed by atoms with van der Waals surface area (Å²) in [5.74, 6) is 0. The van der Waals surface area contributed by atoms with Gasteiger partial charge in [-0.05, 0) is 24.1 Å². The van der Waals surface area contributed by atoms with Crippen LogP contribution in [0, 0.1) is 20.9 Å². The zero-order valence-corrected chi connectivity index (χ0v) is 29.8. The van der Waals surface area contributed by atoms with E-state index < -0.39 is 0 Å². The third kappa shape index (κ3) is 7.71. The second-order valence-corrected chi connectivity index (χ2v) is 9.73. The maximum atomic E-state index is 4.63. The van der Waals surface area contributed by atoms with E-state index in [1.165, 1.54) is 78.4 Å². The molecule has 0 saturated heterocycles. The van der Waals surface area contributed by atoms with Crippen molar-refractivity contribution in [1.29, 1.82) is 0 Å². The van der Waals surface area contributed by atoms with Gasteiger partial charge in [0.1, 0.15) is 0 Å². The molecule has 5 heteroatoms. The number of fused-ring (bicyclic) bond motifs is 5. The van der Waals surface area contributed by atoms with E-state index in [1.54, 1.807) is 0 Å². The van der Waals surface area contributed by atoms with Crippen LogP contribution in [0.2, 0.25) is 0 Å². The summed E-state index contributed by atoms with van der Waals surface area (Å²) in [6, 6.07) is 50.2. The Morgan fingerprint density at radius 2 is 1.34 bits per heavy atom. The number of hydrogen-bond donors (Lipinski definition) is 0. The predicted molar refractivity (Wildman–Crippen MR) is 192 cm³/mol. The third-order valence-electron chi connectivity index (χ3n) is 7.38. The zero-order valence-electron chi connectivity index (χ0n) is 24.7. The standard InChI is InChI=1S/C24H16N.C13H9.2CH3.2ClH.Si.Zr/c1-2-7-17(8-3-1)20-13-18-10-6-11-22(23(18)15-20)21-14-19-9-4-5-12-24(19)25-16-21;1-3-7-12-10(5-1)9-11-6-2-4-8-13(11)12;;;;;;/h1-16H;1-5,7-8H,9H2;2*1H3;2*1H;;/q4*-1;;;;. The van der Waals surface area contributed by atoms with Crippen LogP contribution in [-0.2, 0) is 29.8 Å². The Morgan fingerprint density at radius 3 is 2.16 bits per heavy atom. The van der Waals surface area contributed by atoms with Crippen LogP contribution in [-0.4, -0.2) is 11.9 Å². The average Bonchev–Trinajstić information content (AvgIpc) is 3.65. The Kier molecular flexibility index (Phi) is 14.6. The molecule has 44 heavy (non-hydrogen) atoms. The molecule has 0 spiro atoms. The Bertz CT molecular complexity index is 1890. The minimum atomic E-state index is 0. The molecule has 1 aromatic heterocycles. The van der Waals surface area contributed by atoms with Crippen molar-refractivity contribution >= 4 is 53.4 Å². The van der Waals surface area contributed by atoms with Gasteiger partial charge in [0.25, 0.3) is 0 Å². The fourth-order valence-electron chi connectivity index (χ4n) is 5.50. The van der Waals surface area contributed by atoms with E-state index in [0.29, 0.717) is 0 Å². The van der Waals surface area contributed by atoms with E-state index in [-0.39, 0.29) is 39.7 Å². The summed E-state index contributed by atoms with van der Waals surface area (Å²) >= 11 is 1.36. The van der Waals surface area contributed by atoms with Crippen molar-refractivity contribution in [3.63, 3.8) is 0 Å². The summed E-state index contributed by atoms with van der Waals surface area (Å²) in [5.41, 5.74) is 11.5. The molecule has 8 rings (SSSR count). The molecule has 0 atom stereocenters. The van der Waals surface area contributed by atoms with Gasteiger partial charge in [0.2, 0.25) is 0 Å². The first-order valence-electron chi connectivity index (χ1n) is 13.3. The molecule has 0 amide bonds. The quantitative estimate of drug-likeness (QED) is 0.129. The molecule has 0 N–H and O–H groups in total. The second-order valence-electron chi connectivity index (χ2n) is 9.73. The molecule has 0 fully saturated rings. The molecule has 1 aliphatic carbocycles. The molecule has 2 radical (unpaired) electrons. The van der Waals surface area contributed by atoms with Gasteiger partial charge in [-0.1, -0.05) is 107 Å². The summed E-state index contributed by atoms with van der Waals surface area (Å²) < 4.78 is 0. The zero-order chi connectivity index (χ0) is 27.3. The fourth-order valence-corrected chi connectivity index (χ4v) is 5.50. The average molecular weight is 706 g/mol. The van der Waals surface area contributed by atoms with E-state index in [0.717, 1.165) is 17.5 Å². The number of hydrogen-bond acceptors (Lipinski definition) is 1. The molecule has 1 nitrogen and oxygen atoms in total. The van der Waals surface area contributed by atoms with Crippen LogP contribution >= 0.6 is 24.8 Å². The van der Waals surface area contributed by atoms with Crippen molar-refractivity contribution in [3.05, 3.63) is 172 Å². The van der Waals surface area contributed by atoms with Crippen molar-refractivity contribution < 1.29 is 23.3 Å². The Morgan fingerprint density at radius 1 is 0.659 bits per heavy atom. The van der Waals surface area contributed by atoms with Crippen LogP contribution in [0.1, 0.15) is 11.1 Å². The second kappa shape index (κ2) is 17.3. The van der Waals surface area contributed by atoms with Gasteiger partial charge in [-0.25, -0.2) is 0 Å². The fraction of sp³-hybridized carbons (Fsp3) is 0.0256. The predicted octanol–water partition coefficient (Wildman–Crippen LogP) is 10.9. The number of pyridine rings is 1. The van der Waals surface area contributed by atoms with E-state index in [4.69, 9.17) is 0 Å². The number of halogens is 2. The number of rotatable bonds is 2. The first-order chi connectivity index (χ1) is 19.8. The minimum Gasteiger partial charge on any atom is -0.256 e. The van der Waals surface area contributed by atoms with Crippen molar-refractivity contribution in [2.24, 2.45) is 0 Å². The van der Waals surface area contributed by atoms with Gasteiger partial charge >= 0.3 is 30.2 Å². The van der Waals surface area contributed by atoms with Gasteiger partial charge in [0.05, 0.1) is 5.52 Å². The largest absolute Gasteiger partial charge is 0.256 e. The third-order valence-corrected chi connectivity index (χ3v) is 7.38. The van der Waals surface area contributed by atoms with Crippen LogP contribution < -0.4 is 0 Å². The van der Waals surface area contributed by atoms with Crippen LogP contribution in [0.3, 0.4) is 0 Å². The monoisotopic (exact) mass is 703 g/mol. The van der Waals surface area contributed by atoms with Gasteiger partial charge in [-0.2, -0.15) is 29.8 Å². The number of benzene rings is 5. The molecule has 0 aliphatic heterocycles. The molecule has 0 bridgehead atoms. The summed E-state index contributed by atoms with van der Waals surface area (Å²) in [6.45, 7) is 3.06. The van der Waals surface area contributed by atoms with Gasteiger partial charge in [0.15, 0.2) is 0 Å². The van der Waals surface area contributed by atoms with Crippen molar-refractivity contribution in [2.45, 2.75) is 6.42 Å². The smallest absolute Gasteiger partial charge is 0.0702 e. The Balaban J connectivity index is 0.000000305. The molecule has 1 aliphatic rings. The Labute approximate surface area is 291 Å². The van der Waals surface area contributed by atoms with Crippen molar-refractivity contribution in [2.75, 3.05) is 0 Å². The number of nitrogens with zero attached hydrogens (tertiary/aromatic N) is 1. The maximum Gasteiger partial charge on any atom is 0.0702 e. The topological polar surface area (TPSA) is 12.9 Å². The van der Waals surface area contributed by atoms with E-state index in [9.17, 15) is 0 Å². The van der Waals surface area contributed by atoms with Crippen LogP contribution in [0.4, 0.5) is 0 Å². The summed E-state index contributed by atoms with van der Waals surface area (Å²) in [7, 11) is 0. The normalized spacial score (nSPS) is 10.1. The maximum absolute atomic E-state index is 4.63. The summed E-state index contributed by atoms with van der Waals surface area (Å²) in [4.78, 5) is 4.63. The Hall–Kier alpha value is -3.20. The van der Waals surface area contributed by atoms with Crippen LogP contribution in [0.5, 0.6) is 0 Å². The molecule has 7 aromatic rings. The first kappa shape index (κ1) is 37.0. The molecule has 0 saturated carbocycles. The van der Waals surface area contributed by atoms with E-state index in [1.807, 2.05) is 18.3 Å². The number of para-hydroxylation sites is 1. The molecule has 6 aromatic carbocycles. The van der Waals surface area contributed by atoms with Gasteiger partial charge in [-0.15, -0.1) is 64.9 Å². The van der Waals surface area contributed by atoms with Crippen molar-refractivity contribution in [1.82, 2.24) is 4.98 Å². The molecular formula is C39H33Cl2NSiZr-4. The number of aromatic nitrogens is 1. The SMILES string of the molecule is Cl.Cl.[CH3-].[CH3-].[Si]=[Zr].[c-]1cccc2c1Cc1ccccc1-2.c1ccc(-c2cc3c(-c4cnc5ccccc5c4)cccc3[cH-]2)cc1. The van der Waals surface area contributed by atoms with Gasteiger partial charge in [-0.3, -0.25) is 4.98 Å². The van der Waals surface area contributed by atoms with E-state index in [2.05, 4.69) is 139 Å². The van der Waals surface area contributed by atoms with Crippen molar-refractivity contribution in [3.8, 4) is 33.4 Å². The van der Waals surface area contributed by atoms with E-state index >= 15 is 0 Å². The summed E-state index contributed by atoms with van der Waals surface area (Å²) in [6.07, 6.45) is 3.03. The minimum absolute atomic E-state index is 0.